The molecule has 28 heavy (non-hydrogen) atoms. The van der Waals surface area contributed by atoms with Crippen molar-refractivity contribution in [3.05, 3.63) is 53.9 Å². The highest BCUT2D eigenvalue weighted by Gasteiger charge is 2.22. The van der Waals surface area contributed by atoms with E-state index < -0.39 is 6.55 Å². The Morgan fingerprint density at radius 1 is 1.11 bits per heavy atom. The predicted octanol–water partition coefficient (Wildman–Crippen LogP) is 4.75. The van der Waals surface area contributed by atoms with Crippen LogP contribution >= 0.6 is 0 Å². The van der Waals surface area contributed by atoms with Gasteiger partial charge in [0.15, 0.2) is 0 Å². The van der Waals surface area contributed by atoms with E-state index in [1.807, 2.05) is 26.0 Å². The van der Waals surface area contributed by atoms with Crippen LogP contribution in [0, 0.1) is 6.92 Å². The van der Waals surface area contributed by atoms with E-state index in [2.05, 4.69) is 27.3 Å². The van der Waals surface area contributed by atoms with Gasteiger partial charge < -0.3 is 15.0 Å². The Labute approximate surface area is 162 Å². The van der Waals surface area contributed by atoms with Gasteiger partial charge in [-0.1, -0.05) is 12.1 Å². The lowest BCUT2D eigenvalue weighted by Gasteiger charge is -2.29. The Bertz CT molecular complexity index is 966. The molecule has 1 saturated heterocycles. The first kappa shape index (κ1) is 18.7. The number of benzene rings is 2. The van der Waals surface area contributed by atoms with E-state index in [1.54, 1.807) is 18.2 Å². The van der Waals surface area contributed by atoms with Crippen molar-refractivity contribution in [2.75, 3.05) is 36.5 Å². The number of fused-ring (bicyclic) bond motifs is 1. The molecule has 7 heteroatoms. The van der Waals surface area contributed by atoms with E-state index in [9.17, 15) is 8.78 Å². The average molecular weight is 386 g/mol. The van der Waals surface area contributed by atoms with Gasteiger partial charge in [-0.15, -0.1) is 0 Å². The Hall–Kier alpha value is -2.67. The molecule has 0 amide bonds. The first-order valence-corrected chi connectivity index (χ1v) is 9.49. The van der Waals surface area contributed by atoms with Crippen molar-refractivity contribution >= 4 is 22.4 Å². The highest BCUT2D eigenvalue weighted by Crippen LogP contribution is 2.30. The molecular weight excluding hydrogens is 362 g/mol. The van der Waals surface area contributed by atoms with Gasteiger partial charge in [-0.3, -0.25) is 4.57 Å². The second kappa shape index (κ2) is 7.75. The van der Waals surface area contributed by atoms with Crippen molar-refractivity contribution in [2.24, 2.45) is 0 Å². The van der Waals surface area contributed by atoms with Gasteiger partial charge in [0.25, 0.3) is 0 Å². The molecule has 1 N–H and O–H groups in total. The predicted molar refractivity (Wildman–Crippen MR) is 107 cm³/mol. The van der Waals surface area contributed by atoms with Crippen molar-refractivity contribution in [1.82, 2.24) is 9.55 Å². The SMILES string of the molecule is Cc1cc(N2CCOCC2)ccc1N[C@@H](C)c1nc2ccccc2n1C(F)F. The smallest absolute Gasteiger partial charge is 0.320 e. The van der Waals surface area contributed by atoms with Gasteiger partial charge in [0, 0.05) is 24.5 Å². The quantitative estimate of drug-likeness (QED) is 0.687. The summed E-state index contributed by atoms with van der Waals surface area (Å²) >= 11 is 0. The van der Waals surface area contributed by atoms with Crippen LogP contribution in [0.1, 0.15) is 30.9 Å². The van der Waals surface area contributed by atoms with E-state index in [0.717, 1.165) is 47.8 Å². The summed E-state index contributed by atoms with van der Waals surface area (Å²) in [6.07, 6.45) is 0. The molecule has 148 valence electrons. The zero-order valence-corrected chi connectivity index (χ0v) is 16.0. The maximum Gasteiger partial charge on any atom is 0.320 e. The third-order valence-corrected chi connectivity index (χ3v) is 5.16. The number of imidazole rings is 1. The Kier molecular flexibility index (Phi) is 5.17. The van der Waals surface area contributed by atoms with Crippen LogP contribution < -0.4 is 10.2 Å². The summed E-state index contributed by atoms with van der Waals surface area (Å²) in [6.45, 7) is 4.46. The Balaban J connectivity index is 1.59. The maximum atomic E-state index is 13.7. The number of aryl methyl sites for hydroxylation is 1. The molecule has 0 radical (unpaired) electrons. The third-order valence-electron chi connectivity index (χ3n) is 5.16. The van der Waals surface area contributed by atoms with Crippen molar-refractivity contribution in [1.29, 1.82) is 0 Å². The van der Waals surface area contributed by atoms with Crippen LogP contribution in [0.2, 0.25) is 0 Å². The van der Waals surface area contributed by atoms with Crippen LogP contribution in [-0.4, -0.2) is 35.9 Å². The van der Waals surface area contributed by atoms with E-state index in [-0.39, 0.29) is 6.04 Å². The monoisotopic (exact) mass is 386 g/mol. The number of hydrogen-bond acceptors (Lipinski definition) is 4. The summed E-state index contributed by atoms with van der Waals surface area (Å²) < 4.78 is 33.8. The first-order chi connectivity index (χ1) is 13.5. The molecule has 3 aromatic rings. The largest absolute Gasteiger partial charge is 0.378 e. The molecule has 2 heterocycles. The number of aromatic nitrogens is 2. The summed E-state index contributed by atoms with van der Waals surface area (Å²) in [5.41, 5.74) is 4.15. The van der Waals surface area contributed by atoms with Crippen LogP contribution in [0.5, 0.6) is 0 Å². The minimum absolute atomic E-state index is 0.327. The van der Waals surface area contributed by atoms with Gasteiger partial charge in [0.1, 0.15) is 5.82 Å². The minimum atomic E-state index is -2.64. The number of anilines is 2. The van der Waals surface area contributed by atoms with Gasteiger partial charge in [-0.25, -0.2) is 4.98 Å². The number of alkyl halides is 2. The zero-order chi connectivity index (χ0) is 19.7. The Morgan fingerprint density at radius 2 is 1.86 bits per heavy atom. The van der Waals surface area contributed by atoms with E-state index in [4.69, 9.17) is 4.74 Å². The molecule has 2 aromatic carbocycles. The van der Waals surface area contributed by atoms with Crippen LogP contribution in [0.3, 0.4) is 0 Å². The standard InChI is InChI=1S/C21H24F2N4O/c1-14-13-16(26-9-11-28-12-10-26)7-8-17(14)24-15(2)20-25-18-5-3-4-6-19(18)27(20)21(22)23/h3-8,13,15,21,24H,9-12H2,1-2H3/t15-/m0/s1. The van der Waals surface area contributed by atoms with E-state index in [1.165, 1.54) is 0 Å². The summed E-state index contributed by atoms with van der Waals surface area (Å²) in [5, 5.41) is 3.35. The fourth-order valence-corrected chi connectivity index (χ4v) is 3.70. The summed E-state index contributed by atoms with van der Waals surface area (Å²) in [6, 6.07) is 12.8. The van der Waals surface area contributed by atoms with Crippen molar-refractivity contribution < 1.29 is 13.5 Å². The molecule has 1 aliphatic heterocycles. The molecule has 0 spiro atoms. The lowest BCUT2D eigenvalue weighted by molar-refractivity contribution is 0.0708. The van der Waals surface area contributed by atoms with Crippen LogP contribution in [0.15, 0.2) is 42.5 Å². The van der Waals surface area contributed by atoms with Gasteiger partial charge >= 0.3 is 6.55 Å². The molecule has 1 aromatic heterocycles. The fraction of sp³-hybridized carbons (Fsp3) is 0.381. The molecule has 0 saturated carbocycles. The minimum Gasteiger partial charge on any atom is -0.378 e. The molecule has 0 aliphatic carbocycles. The molecule has 4 rings (SSSR count). The topological polar surface area (TPSA) is 42.3 Å². The first-order valence-electron chi connectivity index (χ1n) is 9.49. The fourth-order valence-electron chi connectivity index (χ4n) is 3.70. The van der Waals surface area contributed by atoms with Crippen LogP contribution in [-0.2, 0) is 4.74 Å². The number of rotatable bonds is 5. The number of nitrogens with one attached hydrogen (secondary N) is 1. The second-order valence-corrected chi connectivity index (χ2v) is 7.07. The van der Waals surface area contributed by atoms with Crippen molar-refractivity contribution in [3.8, 4) is 0 Å². The number of nitrogens with zero attached hydrogens (tertiary/aromatic N) is 3. The summed E-state index contributed by atoms with van der Waals surface area (Å²) in [5.74, 6) is 0.327. The van der Waals surface area contributed by atoms with Crippen LogP contribution in [0.4, 0.5) is 20.2 Å². The molecule has 0 unspecified atom stereocenters. The number of ether oxygens (including phenoxy) is 1. The highest BCUT2D eigenvalue weighted by molar-refractivity contribution is 5.76. The lowest BCUT2D eigenvalue weighted by atomic mass is 10.1. The molecule has 1 aliphatic rings. The number of morpholine rings is 1. The highest BCUT2D eigenvalue weighted by atomic mass is 19.3. The van der Waals surface area contributed by atoms with Gasteiger partial charge in [-0.2, -0.15) is 8.78 Å². The molecule has 0 bridgehead atoms. The van der Waals surface area contributed by atoms with E-state index in [0.29, 0.717) is 16.9 Å². The average Bonchev–Trinajstić information content (AvgIpc) is 3.10. The van der Waals surface area contributed by atoms with Gasteiger partial charge in [0.05, 0.1) is 30.3 Å². The number of hydrogen-bond donors (Lipinski definition) is 1. The third kappa shape index (κ3) is 3.54. The zero-order valence-electron chi connectivity index (χ0n) is 16.0. The van der Waals surface area contributed by atoms with E-state index >= 15 is 0 Å². The Morgan fingerprint density at radius 3 is 2.57 bits per heavy atom. The molecule has 5 nitrogen and oxygen atoms in total. The van der Waals surface area contributed by atoms with Crippen LogP contribution in [0.25, 0.3) is 11.0 Å². The maximum absolute atomic E-state index is 13.7. The summed E-state index contributed by atoms with van der Waals surface area (Å²) in [4.78, 5) is 6.74. The van der Waals surface area contributed by atoms with Gasteiger partial charge in [0.2, 0.25) is 0 Å². The van der Waals surface area contributed by atoms with Gasteiger partial charge in [-0.05, 0) is 49.7 Å². The molecule has 1 atom stereocenters. The second-order valence-electron chi connectivity index (χ2n) is 7.07. The molecule has 1 fully saturated rings. The molecular formula is C21H24F2N4O. The lowest BCUT2D eigenvalue weighted by Crippen LogP contribution is -2.36. The normalized spacial score (nSPS) is 16.0. The van der Waals surface area contributed by atoms with Crippen molar-refractivity contribution in [3.63, 3.8) is 0 Å². The number of halogens is 2. The number of para-hydroxylation sites is 2. The summed E-state index contributed by atoms with van der Waals surface area (Å²) in [7, 11) is 0. The van der Waals surface area contributed by atoms with Crippen molar-refractivity contribution in [2.45, 2.75) is 26.4 Å².